The number of hydrogen-bond donors (Lipinski definition) is 0. The monoisotopic (exact) mass is 648 g/mol. The fraction of sp³-hybridized carbons (Fsp3) is 0.294. The fourth-order valence-electron chi connectivity index (χ4n) is 5.92. The Bertz CT molecular complexity index is 1540. The zero-order chi connectivity index (χ0) is 29.9. The maximum absolute atomic E-state index is 14.5. The Balaban J connectivity index is 0.000000169. The van der Waals surface area contributed by atoms with Gasteiger partial charge >= 0.3 is 0 Å². The lowest BCUT2D eigenvalue weighted by Crippen LogP contribution is -2.34. The molecule has 0 radical (unpaired) electrons. The lowest BCUT2D eigenvalue weighted by molar-refractivity contribution is 0.358. The molecule has 6 rings (SSSR count). The molecule has 0 aromatic heterocycles. The quantitative estimate of drug-likeness (QED) is 0.197. The van der Waals surface area contributed by atoms with Crippen LogP contribution >= 0.6 is 46.7 Å². The topological polar surface area (TPSA) is 0 Å². The predicted molar refractivity (Wildman–Crippen MR) is 168 cm³/mol. The molecule has 4 aromatic carbocycles. The molecule has 0 bridgehead atoms. The molecule has 2 aliphatic heterocycles. The van der Waals surface area contributed by atoms with Crippen LogP contribution in [-0.4, -0.2) is 11.5 Å². The van der Waals surface area contributed by atoms with Crippen LogP contribution in [0.1, 0.15) is 54.4 Å². The van der Waals surface area contributed by atoms with E-state index >= 15 is 0 Å². The molecule has 0 spiro atoms. The van der Waals surface area contributed by atoms with Crippen molar-refractivity contribution in [1.82, 2.24) is 0 Å². The average Bonchev–Trinajstić information content (AvgIpc) is 3.00. The molecule has 220 valence electrons. The third-order valence-corrected chi connectivity index (χ3v) is 10.9. The van der Waals surface area contributed by atoms with Gasteiger partial charge in [-0.3, -0.25) is 0 Å². The van der Waals surface area contributed by atoms with Crippen LogP contribution in [0, 0.1) is 23.3 Å². The molecule has 42 heavy (non-hydrogen) atoms. The highest BCUT2D eigenvalue weighted by atomic mass is 35.5. The highest BCUT2D eigenvalue weighted by Crippen LogP contribution is 2.48. The highest BCUT2D eigenvalue weighted by molar-refractivity contribution is 7.99. The average molecular weight is 650 g/mol. The fourth-order valence-corrected chi connectivity index (χ4v) is 8.77. The van der Waals surface area contributed by atoms with Crippen molar-refractivity contribution < 1.29 is 17.6 Å². The smallest absolute Gasteiger partial charge is 0.137 e. The molecule has 8 heteroatoms. The van der Waals surface area contributed by atoms with Crippen LogP contribution in [0.25, 0.3) is 0 Å². The summed E-state index contributed by atoms with van der Waals surface area (Å²) in [6.07, 6.45) is 3.91. The molecule has 0 saturated carbocycles. The van der Waals surface area contributed by atoms with E-state index in [-0.39, 0.29) is 34.6 Å². The molecule has 0 aliphatic carbocycles. The second-order valence-electron chi connectivity index (χ2n) is 10.7. The van der Waals surface area contributed by atoms with E-state index in [0.29, 0.717) is 43.8 Å². The lowest BCUT2D eigenvalue weighted by Gasteiger charge is -2.39. The summed E-state index contributed by atoms with van der Waals surface area (Å²) in [4.78, 5) is 0.970. The van der Waals surface area contributed by atoms with Crippen molar-refractivity contribution in [2.24, 2.45) is 0 Å². The molecule has 0 fully saturated rings. The Hall–Kier alpha value is -2.12. The summed E-state index contributed by atoms with van der Waals surface area (Å²) >= 11 is 14.6. The number of rotatable bonds is 5. The summed E-state index contributed by atoms with van der Waals surface area (Å²) in [6.45, 7) is 2.06. The minimum atomic E-state index is -0.347. The van der Waals surface area contributed by atoms with Crippen LogP contribution < -0.4 is 0 Å². The van der Waals surface area contributed by atoms with E-state index in [1.54, 1.807) is 0 Å². The van der Waals surface area contributed by atoms with Crippen molar-refractivity contribution in [3.05, 3.63) is 128 Å². The zero-order valence-electron chi connectivity index (χ0n) is 23.0. The van der Waals surface area contributed by atoms with E-state index < -0.39 is 0 Å². The molecule has 4 aromatic rings. The van der Waals surface area contributed by atoms with E-state index in [2.05, 4.69) is 6.92 Å². The summed E-state index contributed by atoms with van der Waals surface area (Å²) in [7, 11) is 0. The van der Waals surface area contributed by atoms with E-state index in [9.17, 15) is 17.6 Å². The molecule has 0 nitrogen and oxygen atoms in total. The van der Waals surface area contributed by atoms with Crippen molar-refractivity contribution in [2.45, 2.75) is 60.2 Å². The maximum Gasteiger partial charge on any atom is 0.137 e. The minimum Gasteiger partial charge on any atom is -0.207 e. The summed E-state index contributed by atoms with van der Waals surface area (Å²) in [5, 5.41) is 1.37. The Labute approximate surface area is 263 Å². The Kier molecular flexibility index (Phi) is 10.2. The van der Waals surface area contributed by atoms with Crippen molar-refractivity contribution >= 4 is 46.7 Å². The minimum absolute atomic E-state index is 0.0307. The van der Waals surface area contributed by atoms with Gasteiger partial charge in [-0.1, -0.05) is 54.4 Å². The second-order valence-corrected chi connectivity index (χ2v) is 13.8. The Morgan fingerprint density at radius 1 is 0.690 bits per heavy atom. The molecule has 2 unspecified atom stereocenters. The number of hydrogen-bond acceptors (Lipinski definition) is 2. The zero-order valence-corrected chi connectivity index (χ0v) is 26.2. The van der Waals surface area contributed by atoms with Crippen LogP contribution in [0.15, 0.2) is 82.6 Å². The van der Waals surface area contributed by atoms with Crippen LogP contribution in [0.2, 0.25) is 10.0 Å². The number of benzene rings is 4. The van der Waals surface area contributed by atoms with Crippen molar-refractivity contribution in [2.75, 3.05) is 11.5 Å². The molecule has 2 aliphatic rings. The predicted octanol–water partition coefficient (Wildman–Crippen LogP) is 11.4. The van der Waals surface area contributed by atoms with E-state index in [4.69, 9.17) is 23.2 Å². The van der Waals surface area contributed by atoms with Gasteiger partial charge in [-0.05, 0) is 109 Å². The van der Waals surface area contributed by atoms with Crippen molar-refractivity contribution in [3.63, 3.8) is 0 Å². The first-order valence-electron chi connectivity index (χ1n) is 13.9. The van der Waals surface area contributed by atoms with Gasteiger partial charge in [0, 0.05) is 36.4 Å². The molecule has 0 N–H and O–H groups in total. The van der Waals surface area contributed by atoms with Gasteiger partial charge in [0.15, 0.2) is 0 Å². The van der Waals surface area contributed by atoms with Crippen LogP contribution in [0.3, 0.4) is 0 Å². The summed E-state index contributed by atoms with van der Waals surface area (Å²) < 4.78 is 56.5. The number of halogens is 6. The largest absolute Gasteiger partial charge is 0.207 e. The Morgan fingerprint density at radius 3 is 1.88 bits per heavy atom. The maximum atomic E-state index is 14.5. The van der Waals surface area contributed by atoms with Crippen LogP contribution in [0.5, 0.6) is 0 Å². The van der Waals surface area contributed by atoms with Gasteiger partial charge in [-0.15, -0.1) is 23.5 Å². The molecular formula is C34H30Cl2F4S2. The van der Waals surface area contributed by atoms with Crippen LogP contribution in [0.4, 0.5) is 17.6 Å². The van der Waals surface area contributed by atoms with E-state index in [0.717, 1.165) is 41.9 Å². The number of thioether (sulfide) groups is 2. The van der Waals surface area contributed by atoms with Crippen molar-refractivity contribution in [1.29, 1.82) is 0 Å². The van der Waals surface area contributed by atoms with Crippen molar-refractivity contribution in [3.8, 4) is 0 Å². The second kappa shape index (κ2) is 13.7. The summed E-state index contributed by atoms with van der Waals surface area (Å²) in [6, 6.07) is 20.1. The Morgan fingerprint density at radius 2 is 1.24 bits per heavy atom. The standard InChI is InChI=1S/C18H17ClF2S.C16H13ClF2S/c1-2-18(11-12-3-5-13(19)6-4-12)9-10-22-17-15(21)8-7-14(20)16(17)18;17-12-3-1-10(2-4-12)9-11-7-8-20-16-14(19)6-5-13(18)15(11)16/h3-8H,2,9-11H2,1H3;1-6,11H,7-9H2. The van der Waals surface area contributed by atoms with Gasteiger partial charge in [0.25, 0.3) is 0 Å². The van der Waals surface area contributed by atoms with Gasteiger partial charge in [0.1, 0.15) is 23.3 Å². The first-order valence-corrected chi connectivity index (χ1v) is 16.6. The van der Waals surface area contributed by atoms with Gasteiger partial charge in [0.05, 0.1) is 0 Å². The van der Waals surface area contributed by atoms with E-state index in [1.807, 2.05) is 48.5 Å². The third kappa shape index (κ3) is 6.83. The first kappa shape index (κ1) is 31.3. The third-order valence-electron chi connectivity index (χ3n) is 8.16. The van der Waals surface area contributed by atoms with Crippen LogP contribution in [-0.2, 0) is 18.3 Å². The highest BCUT2D eigenvalue weighted by Gasteiger charge is 2.39. The normalized spacial score (nSPS) is 19.4. The van der Waals surface area contributed by atoms with E-state index in [1.165, 1.54) is 47.8 Å². The van der Waals surface area contributed by atoms with Gasteiger partial charge in [-0.25, -0.2) is 17.6 Å². The summed E-state index contributed by atoms with van der Waals surface area (Å²) in [5.74, 6) is 0.456. The molecule has 2 atom stereocenters. The summed E-state index contributed by atoms with van der Waals surface area (Å²) in [5.41, 5.74) is 2.95. The lowest BCUT2D eigenvalue weighted by atomic mass is 9.71. The number of fused-ring (bicyclic) bond motifs is 2. The first-order chi connectivity index (χ1) is 20.2. The SMILES string of the molecule is CCC1(Cc2ccc(Cl)cc2)CCSc2c(F)ccc(F)c21.Fc1ccc(F)c2c1SCCC2Cc1ccc(Cl)cc1. The molecule has 0 amide bonds. The van der Waals surface area contributed by atoms with Gasteiger partial charge < -0.3 is 0 Å². The molecular weight excluding hydrogens is 619 g/mol. The molecule has 2 heterocycles. The van der Waals surface area contributed by atoms with Gasteiger partial charge in [-0.2, -0.15) is 0 Å². The molecule has 0 saturated heterocycles. The van der Waals surface area contributed by atoms with Gasteiger partial charge in [0.2, 0.25) is 0 Å².